The molecular formula is C24H24N2. The van der Waals surface area contributed by atoms with Crippen LogP contribution in [0.5, 0.6) is 0 Å². The van der Waals surface area contributed by atoms with E-state index in [4.69, 9.17) is 0 Å². The van der Waals surface area contributed by atoms with E-state index in [1.54, 1.807) is 0 Å². The summed E-state index contributed by atoms with van der Waals surface area (Å²) in [6.07, 6.45) is 5.92. The van der Waals surface area contributed by atoms with Crippen molar-refractivity contribution in [1.29, 1.82) is 0 Å². The highest BCUT2D eigenvalue weighted by molar-refractivity contribution is 5.96. The summed E-state index contributed by atoms with van der Waals surface area (Å²) in [5.74, 6) is 1.10. The third kappa shape index (κ3) is 2.33. The van der Waals surface area contributed by atoms with Crippen molar-refractivity contribution in [2.45, 2.75) is 18.4 Å². The fraction of sp³-hybridized carbons (Fsp3) is 0.250. The lowest BCUT2D eigenvalue weighted by molar-refractivity contribution is 0.426. The second-order valence-electron chi connectivity index (χ2n) is 7.71. The molecule has 0 radical (unpaired) electrons. The molecule has 26 heavy (non-hydrogen) atoms. The molecule has 3 aromatic rings. The summed E-state index contributed by atoms with van der Waals surface area (Å²) in [5.41, 5.74) is 5.39. The second kappa shape index (κ2) is 5.91. The van der Waals surface area contributed by atoms with Gasteiger partial charge in [-0.2, -0.15) is 0 Å². The lowest BCUT2D eigenvalue weighted by Crippen LogP contribution is -2.29. The summed E-state index contributed by atoms with van der Waals surface area (Å²) in [6, 6.07) is 22.7. The molecule has 2 aliphatic rings. The summed E-state index contributed by atoms with van der Waals surface area (Å²) in [5, 5.41) is 6.56. The Hall–Kier alpha value is -2.74. The van der Waals surface area contributed by atoms with E-state index in [-0.39, 0.29) is 0 Å². The van der Waals surface area contributed by atoms with Crippen molar-refractivity contribution in [2.75, 3.05) is 24.3 Å². The van der Waals surface area contributed by atoms with Gasteiger partial charge in [0, 0.05) is 36.8 Å². The van der Waals surface area contributed by atoms with E-state index in [1.807, 2.05) is 0 Å². The fourth-order valence-electron chi connectivity index (χ4n) is 4.65. The predicted molar refractivity (Wildman–Crippen MR) is 111 cm³/mol. The highest BCUT2D eigenvalue weighted by Crippen LogP contribution is 2.51. The number of nitrogens with one attached hydrogen (secondary N) is 1. The van der Waals surface area contributed by atoms with Crippen LogP contribution < -0.4 is 10.2 Å². The molecule has 1 aliphatic heterocycles. The molecule has 130 valence electrons. The Morgan fingerprint density at radius 1 is 0.923 bits per heavy atom. The summed E-state index contributed by atoms with van der Waals surface area (Å²) in [4.78, 5) is 2.15. The third-order valence-electron chi connectivity index (χ3n) is 6.03. The number of allylic oxidation sites excluding steroid dienone is 2. The van der Waals surface area contributed by atoms with Crippen LogP contribution in [-0.4, -0.2) is 14.1 Å². The van der Waals surface area contributed by atoms with Gasteiger partial charge in [-0.15, -0.1) is 0 Å². The molecule has 2 nitrogen and oxygen atoms in total. The Morgan fingerprint density at radius 2 is 1.73 bits per heavy atom. The average molecular weight is 340 g/mol. The Morgan fingerprint density at radius 3 is 2.54 bits per heavy atom. The smallest absolute Gasteiger partial charge is 0.0554 e. The maximum Gasteiger partial charge on any atom is 0.0554 e. The van der Waals surface area contributed by atoms with Gasteiger partial charge in [0.05, 0.1) is 6.04 Å². The van der Waals surface area contributed by atoms with Crippen LogP contribution in [0.4, 0.5) is 11.4 Å². The molecule has 2 heteroatoms. The number of hydrogen-bond donors (Lipinski definition) is 1. The van der Waals surface area contributed by atoms with E-state index in [2.05, 4.69) is 97.1 Å². The molecular weight excluding hydrogens is 316 g/mol. The first-order valence-corrected chi connectivity index (χ1v) is 9.44. The number of fused-ring (bicyclic) bond motifs is 5. The van der Waals surface area contributed by atoms with Crippen LogP contribution >= 0.6 is 0 Å². The molecule has 1 aliphatic carbocycles. The van der Waals surface area contributed by atoms with Crippen LogP contribution in [-0.2, 0) is 0 Å². The lowest BCUT2D eigenvalue weighted by Gasteiger charge is -2.38. The van der Waals surface area contributed by atoms with Crippen LogP contribution in [0.3, 0.4) is 0 Å². The number of rotatable bonds is 2. The zero-order valence-electron chi connectivity index (χ0n) is 15.3. The van der Waals surface area contributed by atoms with Crippen molar-refractivity contribution in [3.05, 3.63) is 83.9 Å². The first kappa shape index (κ1) is 15.5. The van der Waals surface area contributed by atoms with Crippen molar-refractivity contribution in [2.24, 2.45) is 5.92 Å². The lowest BCUT2D eigenvalue weighted by atomic mass is 9.76. The molecule has 0 amide bonds. The van der Waals surface area contributed by atoms with Gasteiger partial charge in [0.1, 0.15) is 0 Å². The fourth-order valence-corrected chi connectivity index (χ4v) is 4.65. The Labute approximate surface area is 155 Å². The summed E-state index contributed by atoms with van der Waals surface area (Å²) >= 11 is 0. The first-order valence-electron chi connectivity index (χ1n) is 9.44. The molecule has 5 rings (SSSR count). The van der Waals surface area contributed by atoms with E-state index < -0.39 is 0 Å². The number of hydrogen-bond acceptors (Lipinski definition) is 2. The Bertz CT molecular complexity index is 985. The van der Waals surface area contributed by atoms with Gasteiger partial charge in [-0.05, 0) is 41.0 Å². The van der Waals surface area contributed by atoms with E-state index in [9.17, 15) is 0 Å². The molecule has 1 N–H and O–H groups in total. The van der Waals surface area contributed by atoms with Gasteiger partial charge in [0.25, 0.3) is 0 Å². The average Bonchev–Trinajstić information content (AvgIpc) is 3.17. The van der Waals surface area contributed by atoms with Crippen LogP contribution in [0.15, 0.2) is 72.8 Å². The molecule has 3 unspecified atom stereocenters. The second-order valence-corrected chi connectivity index (χ2v) is 7.71. The minimum atomic E-state index is 0.351. The van der Waals surface area contributed by atoms with E-state index in [1.165, 1.54) is 33.3 Å². The van der Waals surface area contributed by atoms with Crippen molar-refractivity contribution < 1.29 is 0 Å². The third-order valence-corrected chi connectivity index (χ3v) is 6.03. The number of benzene rings is 3. The quantitative estimate of drug-likeness (QED) is 0.599. The molecule has 1 heterocycles. The molecule has 0 spiro atoms. The van der Waals surface area contributed by atoms with Gasteiger partial charge in [0.2, 0.25) is 0 Å². The minimum absolute atomic E-state index is 0.351. The molecule has 3 aromatic carbocycles. The van der Waals surface area contributed by atoms with Crippen molar-refractivity contribution in [3.8, 4) is 0 Å². The van der Waals surface area contributed by atoms with Crippen LogP contribution in [0, 0.1) is 5.92 Å². The van der Waals surface area contributed by atoms with E-state index >= 15 is 0 Å². The minimum Gasteiger partial charge on any atom is -0.378 e. The van der Waals surface area contributed by atoms with Gasteiger partial charge < -0.3 is 10.2 Å². The van der Waals surface area contributed by atoms with Crippen LogP contribution in [0.1, 0.15) is 29.5 Å². The maximum atomic E-state index is 3.92. The van der Waals surface area contributed by atoms with E-state index in [0.717, 1.165) is 6.42 Å². The van der Waals surface area contributed by atoms with Crippen molar-refractivity contribution in [1.82, 2.24) is 0 Å². The largest absolute Gasteiger partial charge is 0.378 e. The summed E-state index contributed by atoms with van der Waals surface area (Å²) in [7, 11) is 4.18. The first-order chi connectivity index (χ1) is 12.7. The Balaban J connectivity index is 1.62. The zero-order chi connectivity index (χ0) is 17.7. The summed E-state index contributed by atoms with van der Waals surface area (Å²) < 4.78 is 0. The zero-order valence-corrected chi connectivity index (χ0v) is 15.3. The molecule has 0 aromatic heterocycles. The maximum absolute atomic E-state index is 3.92. The van der Waals surface area contributed by atoms with Gasteiger partial charge in [0.15, 0.2) is 0 Å². The monoisotopic (exact) mass is 340 g/mol. The summed E-state index contributed by atoms with van der Waals surface area (Å²) in [6.45, 7) is 0. The molecule has 0 fully saturated rings. The Kier molecular flexibility index (Phi) is 3.53. The van der Waals surface area contributed by atoms with Gasteiger partial charge in [-0.1, -0.05) is 60.7 Å². The highest BCUT2D eigenvalue weighted by atomic mass is 15.1. The van der Waals surface area contributed by atoms with Crippen molar-refractivity contribution in [3.63, 3.8) is 0 Å². The van der Waals surface area contributed by atoms with Crippen molar-refractivity contribution >= 4 is 22.1 Å². The number of anilines is 2. The standard InChI is InChI=1S/C24H24N2/c1-26(2)18-13-10-17(11-14-18)23-21-9-5-8-20(21)22-15-12-16-6-3-4-7-19(16)24(22)25-23/h3-8,10-15,20-21,23,25H,9H2,1-2H3. The van der Waals surface area contributed by atoms with Crippen LogP contribution in [0.25, 0.3) is 10.8 Å². The van der Waals surface area contributed by atoms with E-state index in [0.29, 0.717) is 17.9 Å². The van der Waals surface area contributed by atoms with Gasteiger partial charge in [-0.3, -0.25) is 0 Å². The number of nitrogens with zero attached hydrogens (tertiary/aromatic N) is 1. The topological polar surface area (TPSA) is 15.3 Å². The van der Waals surface area contributed by atoms with Gasteiger partial charge >= 0.3 is 0 Å². The normalized spacial score (nSPS) is 23.4. The highest BCUT2D eigenvalue weighted by Gasteiger charge is 2.38. The van der Waals surface area contributed by atoms with Gasteiger partial charge in [-0.25, -0.2) is 0 Å². The molecule has 0 saturated carbocycles. The van der Waals surface area contributed by atoms with Crippen LogP contribution in [0.2, 0.25) is 0 Å². The SMILES string of the molecule is CN(C)c1ccc(C2Nc3c(ccc4ccccc34)C3C=CCC32)cc1. The molecule has 0 saturated heterocycles. The predicted octanol–water partition coefficient (Wildman–Crippen LogP) is 5.73. The molecule has 3 atom stereocenters. The molecule has 0 bridgehead atoms.